The SMILES string of the molecule is CCCCCCC(NC)C1CN(C)CCO1. The van der Waals surface area contributed by atoms with Gasteiger partial charge in [-0.2, -0.15) is 0 Å². The summed E-state index contributed by atoms with van der Waals surface area (Å²) in [5.74, 6) is 0. The van der Waals surface area contributed by atoms with E-state index >= 15 is 0 Å². The molecule has 0 aromatic rings. The quantitative estimate of drug-likeness (QED) is 0.673. The molecule has 1 N–H and O–H groups in total. The minimum Gasteiger partial charge on any atom is -0.374 e. The van der Waals surface area contributed by atoms with Crippen molar-refractivity contribution in [1.29, 1.82) is 0 Å². The molecule has 1 saturated heterocycles. The number of unbranched alkanes of at least 4 members (excludes halogenated alkanes) is 3. The zero-order valence-corrected chi connectivity index (χ0v) is 11.2. The van der Waals surface area contributed by atoms with Gasteiger partial charge in [0.2, 0.25) is 0 Å². The second-order valence-electron chi connectivity index (χ2n) is 4.92. The largest absolute Gasteiger partial charge is 0.374 e. The Kier molecular flexibility index (Phi) is 7.01. The van der Waals surface area contributed by atoms with Crippen LogP contribution in [0, 0.1) is 0 Å². The molecule has 0 bridgehead atoms. The van der Waals surface area contributed by atoms with Crippen LogP contribution >= 0.6 is 0 Å². The van der Waals surface area contributed by atoms with Gasteiger partial charge in [0.05, 0.1) is 12.7 Å². The van der Waals surface area contributed by atoms with E-state index < -0.39 is 0 Å². The lowest BCUT2D eigenvalue weighted by Gasteiger charge is -2.35. The lowest BCUT2D eigenvalue weighted by molar-refractivity contribution is -0.0390. The minimum absolute atomic E-state index is 0.380. The van der Waals surface area contributed by atoms with E-state index in [1.165, 1.54) is 32.1 Å². The molecule has 1 aliphatic heterocycles. The zero-order chi connectivity index (χ0) is 11.8. The Hall–Kier alpha value is -0.120. The Morgan fingerprint density at radius 3 is 2.81 bits per heavy atom. The Bertz CT molecular complexity index is 175. The van der Waals surface area contributed by atoms with Gasteiger partial charge in [-0.05, 0) is 20.5 Å². The molecule has 16 heavy (non-hydrogen) atoms. The summed E-state index contributed by atoms with van der Waals surface area (Å²) >= 11 is 0. The molecule has 2 atom stereocenters. The van der Waals surface area contributed by atoms with E-state index in [0.29, 0.717) is 12.1 Å². The van der Waals surface area contributed by atoms with Crippen molar-refractivity contribution in [2.75, 3.05) is 33.8 Å². The van der Waals surface area contributed by atoms with Crippen LogP contribution in [0.25, 0.3) is 0 Å². The third kappa shape index (κ3) is 4.81. The van der Waals surface area contributed by atoms with Gasteiger partial charge in [0.1, 0.15) is 0 Å². The topological polar surface area (TPSA) is 24.5 Å². The fraction of sp³-hybridized carbons (Fsp3) is 1.00. The van der Waals surface area contributed by atoms with Crippen LogP contribution in [0.1, 0.15) is 39.0 Å². The molecule has 0 spiro atoms. The Labute approximate surface area is 101 Å². The second kappa shape index (κ2) is 8.04. The van der Waals surface area contributed by atoms with Gasteiger partial charge in [0.25, 0.3) is 0 Å². The average Bonchev–Trinajstić information content (AvgIpc) is 2.29. The van der Waals surface area contributed by atoms with Gasteiger partial charge in [-0.15, -0.1) is 0 Å². The summed E-state index contributed by atoms with van der Waals surface area (Å²) in [5.41, 5.74) is 0. The summed E-state index contributed by atoms with van der Waals surface area (Å²) in [5, 5.41) is 3.42. The molecular formula is C13H28N2O. The van der Waals surface area contributed by atoms with E-state index in [1.807, 2.05) is 0 Å². The van der Waals surface area contributed by atoms with Gasteiger partial charge in [0.15, 0.2) is 0 Å². The summed E-state index contributed by atoms with van der Waals surface area (Å²) in [6.07, 6.45) is 6.98. The molecule has 0 aliphatic carbocycles. The van der Waals surface area contributed by atoms with Crippen LogP contribution in [0.2, 0.25) is 0 Å². The number of likely N-dealkylation sites (N-methyl/N-ethyl adjacent to an activating group) is 2. The van der Waals surface area contributed by atoms with Crippen molar-refractivity contribution < 1.29 is 4.74 Å². The van der Waals surface area contributed by atoms with E-state index in [9.17, 15) is 0 Å². The highest BCUT2D eigenvalue weighted by Crippen LogP contribution is 2.13. The predicted molar refractivity (Wildman–Crippen MR) is 68.8 cm³/mol. The molecule has 0 amide bonds. The Morgan fingerprint density at radius 1 is 1.38 bits per heavy atom. The maximum Gasteiger partial charge on any atom is 0.0855 e. The van der Waals surface area contributed by atoms with Crippen LogP contribution in [-0.4, -0.2) is 50.8 Å². The first-order chi connectivity index (χ1) is 7.77. The highest BCUT2D eigenvalue weighted by Gasteiger charge is 2.24. The number of hydrogen-bond acceptors (Lipinski definition) is 3. The van der Waals surface area contributed by atoms with Crippen LogP contribution in [0.3, 0.4) is 0 Å². The van der Waals surface area contributed by atoms with Crippen molar-refractivity contribution in [2.45, 2.75) is 51.2 Å². The van der Waals surface area contributed by atoms with Crippen molar-refractivity contribution in [3.63, 3.8) is 0 Å². The molecule has 1 rings (SSSR count). The van der Waals surface area contributed by atoms with Crippen LogP contribution in [-0.2, 0) is 4.74 Å². The molecule has 96 valence electrons. The maximum atomic E-state index is 5.85. The van der Waals surface area contributed by atoms with Crippen molar-refractivity contribution >= 4 is 0 Å². The molecule has 1 aliphatic rings. The third-order valence-electron chi connectivity index (χ3n) is 3.48. The highest BCUT2D eigenvalue weighted by atomic mass is 16.5. The molecule has 3 heteroatoms. The second-order valence-corrected chi connectivity index (χ2v) is 4.92. The number of nitrogens with zero attached hydrogens (tertiary/aromatic N) is 1. The van der Waals surface area contributed by atoms with E-state index in [2.05, 4.69) is 31.2 Å². The van der Waals surface area contributed by atoms with Gasteiger partial charge in [-0.1, -0.05) is 32.6 Å². The minimum atomic E-state index is 0.380. The first-order valence-corrected chi connectivity index (χ1v) is 6.75. The number of morpholine rings is 1. The molecule has 1 fully saturated rings. The molecule has 3 nitrogen and oxygen atoms in total. The van der Waals surface area contributed by atoms with Crippen molar-refractivity contribution in [1.82, 2.24) is 10.2 Å². The van der Waals surface area contributed by atoms with Crippen molar-refractivity contribution in [3.8, 4) is 0 Å². The van der Waals surface area contributed by atoms with E-state index in [4.69, 9.17) is 4.74 Å². The summed E-state index contributed by atoms with van der Waals surface area (Å²) in [7, 11) is 4.24. The Balaban J connectivity index is 2.23. The molecule has 2 unspecified atom stereocenters. The van der Waals surface area contributed by atoms with Crippen LogP contribution in [0.15, 0.2) is 0 Å². The van der Waals surface area contributed by atoms with Gasteiger partial charge in [-0.25, -0.2) is 0 Å². The standard InChI is InChI=1S/C13H28N2O/c1-4-5-6-7-8-12(14-2)13-11-15(3)9-10-16-13/h12-14H,4-11H2,1-3H3. The average molecular weight is 228 g/mol. The highest BCUT2D eigenvalue weighted by molar-refractivity contribution is 4.81. The van der Waals surface area contributed by atoms with E-state index in [-0.39, 0.29) is 0 Å². The van der Waals surface area contributed by atoms with E-state index in [0.717, 1.165) is 19.7 Å². The molecule has 0 saturated carbocycles. The number of hydrogen-bond donors (Lipinski definition) is 1. The zero-order valence-electron chi connectivity index (χ0n) is 11.2. The van der Waals surface area contributed by atoms with Crippen molar-refractivity contribution in [2.24, 2.45) is 0 Å². The number of rotatable bonds is 7. The smallest absolute Gasteiger partial charge is 0.0855 e. The Morgan fingerprint density at radius 2 is 2.19 bits per heavy atom. The molecule has 0 aromatic carbocycles. The maximum absolute atomic E-state index is 5.85. The lowest BCUT2D eigenvalue weighted by Crippen LogP contribution is -2.50. The van der Waals surface area contributed by atoms with Gasteiger partial charge < -0.3 is 15.0 Å². The number of ether oxygens (including phenoxy) is 1. The first-order valence-electron chi connectivity index (χ1n) is 6.75. The fourth-order valence-corrected chi connectivity index (χ4v) is 2.36. The van der Waals surface area contributed by atoms with Crippen LogP contribution < -0.4 is 5.32 Å². The van der Waals surface area contributed by atoms with Crippen LogP contribution in [0.5, 0.6) is 0 Å². The van der Waals surface area contributed by atoms with Gasteiger partial charge >= 0.3 is 0 Å². The van der Waals surface area contributed by atoms with Crippen LogP contribution in [0.4, 0.5) is 0 Å². The van der Waals surface area contributed by atoms with Gasteiger partial charge in [-0.3, -0.25) is 0 Å². The monoisotopic (exact) mass is 228 g/mol. The first kappa shape index (κ1) is 13.9. The summed E-state index contributed by atoms with van der Waals surface area (Å²) < 4.78 is 5.85. The van der Waals surface area contributed by atoms with Gasteiger partial charge in [0, 0.05) is 19.1 Å². The molecule has 0 radical (unpaired) electrons. The number of nitrogens with one attached hydrogen (secondary N) is 1. The van der Waals surface area contributed by atoms with E-state index in [1.54, 1.807) is 0 Å². The summed E-state index contributed by atoms with van der Waals surface area (Å²) in [4.78, 5) is 2.37. The fourth-order valence-electron chi connectivity index (χ4n) is 2.36. The lowest BCUT2D eigenvalue weighted by atomic mass is 10.0. The molecular weight excluding hydrogens is 200 g/mol. The van der Waals surface area contributed by atoms with Crippen molar-refractivity contribution in [3.05, 3.63) is 0 Å². The summed E-state index contributed by atoms with van der Waals surface area (Å²) in [6, 6.07) is 0.527. The molecule has 1 heterocycles. The third-order valence-corrected chi connectivity index (χ3v) is 3.48. The normalized spacial score (nSPS) is 24.6. The summed E-state index contributed by atoms with van der Waals surface area (Å²) in [6.45, 7) is 5.28. The molecule has 0 aromatic heterocycles. The predicted octanol–water partition coefficient (Wildman–Crippen LogP) is 1.88.